The van der Waals surface area contributed by atoms with E-state index in [0.717, 1.165) is 18.7 Å². The van der Waals surface area contributed by atoms with E-state index in [0.29, 0.717) is 0 Å². The fourth-order valence-electron chi connectivity index (χ4n) is 2.93. The molecule has 1 heterocycles. The van der Waals surface area contributed by atoms with Crippen LogP contribution in [0.2, 0.25) is 0 Å². The van der Waals surface area contributed by atoms with Gasteiger partial charge in [-0.3, -0.25) is 5.10 Å². The fraction of sp³-hybridized carbons (Fsp3) is 0.438. The van der Waals surface area contributed by atoms with Crippen LogP contribution in [0.5, 0.6) is 0 Å². The Morgan fingerprint density at radius 3 is 2.95 bits per heavy atom. The summed E-state index contributed by atoms with van der Waals surface area (Å²) in [4.78, 5) is 0. The summed E-state index contributed by atoms with van der Waals surface area (Å²) in [6.07, 6.45) is 4.76. The summed E-state index contributed by atoms with van der Waals surface area (Å²) in [6, 6.07) is 6.82. The van der Waals surface area contributed by atoms with E-state index in [2.05, 4.69) is 40.6 Å². The number of rotatable bonds is 4. The number of hydrogen-bond donors (Lipinski definition) is 2. The Balaban J connectivity index is 1.92. The number of nitrogens with zero attached hydrogens (tertiary/aromatic N) is 1. The number of aryl methyl sites for hydroxylation is 2. The number of aromatic nitrogens is 2. The summed E-state index contributed by atoms with van der Waals surface area (Å²) in [5.74, 6) is 0. The molecular weight excluding hydrogens is 234 g/mol. The van der Waals surface area contributed by atoms with Gasteiger partial charge < -0.3 is 5.32 Å². The van der Waals surface area contributed by atoms with Gasteiger partial charge in [0.25, 0.3) is 0 Å². The average molecular weight is 255 g/mol. The van der Waals surface area contributed by atoms with Crippen molar-refractivity contribution in [2.75, 3.05) is 13.6 Å². The minimum Gasteiger partial charge on any atom is -0.319 e. The molecule has 3 nitrogen and oxygen atoms in total. The first-order valence-electron chi connectivity index (χ1n) is 7.10. The lowest BCUT2D eigenvalue weighted by Gasteiger charge is -2.04. The molecule has 2 aromatic rings. The zero-order valence-electron chi connectivity index (χ0n) is 11.7. The van der Waals surface area contributed by atoms with Crippen molar-refractivity contribution in [3.63, 3.8) is 0 Å². The number of hydrogen-bond acceptors (Lipinski definition) is 2. The van der Waals surface area contributed by atoms with Crippen LogP contribution in [0, 0.1) is 6.92 Å². The molecule has 0 aliphatic heterocycles. The summed E-state index contributed by atoms with van der Waals surface area (Å²) in [6.45, 7) is 3.14. The maximum Gasteiger partial charge on any atom is 0.0952 e. The normalized spacial score (nSPS) is 13.8. The molecule has 0 spiro atoms. The van der Waals surface area contributed by atoms with Crippen molar-refractivity contribution in [2.24, 2.45) is 0 Å². The minimum absolute atomic E-state index is 0.979. The van der Waals surface area contributed by atoms with Gasteiger partial charge in [-0.2, -0.15) is 5.10 Å². The van der Waals surface area contributed by atoms with Crippen molar-refractivity contribution in [3.8, 4) is 11.3 Å². The third-order valence-electron chi connectivity index (χ3n) is 4.11. The van der Waals surface area contributed by atoms with Crippen molar-refractivity contribution < 1.29 is 0 Å². The number of aromatic amines is 1. The predicted molar refractivity (Wildman–Crippen MR) is 78.4 cm³/mol. The molecule has 0 fully saturated rings. The van der Waals surface area contributed by atoms with Gasteiger partial charge in [0.2, 0.25) is 0 Å². The molecule has 0 bridgehead atoms. The number of H-pyrrole nitrogens is 1. The molecule has 0 atom stereocenters. The first-order valence-corrected chi connectivity index (χ1v) is 7.10. The second kappa shape index (κ2) is 5.17. The third-order valence-corrected chi connectivity index (χ3v) is 4.11. The van der Waals surface area contributed by atoms with Crippen LogP contribution in [-0.2, 0) is 19.3 Å². The van der Waals surface area contributed by atoms with Crippen LogP contribution < -0.4 is 5.32 Å². The first-order chi connectivity index (χ1) is 9.29. The van der Waals surface area contributed by atoms with Crippen LogP contribution in [0.25, 0.3) is 11.3 Å². The smallest absolute Gasteiger partial charge is 0.0952 e. The highest BCUT2D eigenvalue weighted by molar-refractivity contribution is 5.65. The highest BCUT2D eigenvalue weighted by atomic mass is 15.1. The lowest BCUT2D eigenvalue weighted by molar-refractivity contribution is 0.769. The van der Waals surface area contributed by atoms with E-state index in [1.807, 2.05) is 7.05 Å². The van der Waals surface area contributed by atoms with Crippen molar-refractivity contribution >= 4 is 0 Å². The van der Waals surface area contributed by atoms with Gasteiger partial charge in [-0.15, -0.1) is 0 Å². The van der Waals surface area contributed by atoms with Gasteiger partial charge in [0.1, 0.15) is 0 Å². The highest BCUT2D eigenvalue weighted by Gasteiger charge is 2.15. The molecule has 0 saturated heterocycles. The van der Waals surface area contributed by atoms with E-state index < -0.39 is 0 Å². The Morgan fingerprint density at radius 1 is 1.26 bits per heavy atom. The van der Waals surface area contributed by atoms with Crippen LogP contribution in [-0.4, -0.2) is 23.8 Å². The molecule has 0 radical (unpaired) electrons. The lowest BCUT2D eigenvalue weighted by Crippen LogP contribution is -2.11. The number of benzene rings is 1. The van der Waals surface area contributed by atoms with E-state index in [1.165, 1.54) is 47.2 Å². The monoisotopic (exact) mass is 255 g/mol. The Kier molecular flexibility index (Phi) is 3.38. The molecule has 1 aromatic carbocycles. The van der Waals surface area contributed by atoms with Gasteiger partial charge in [-0.05, 0) is 56.0 Å². The SMILES string of the molecule is CNCCc1[nH]nc(-c2ccc3c(c2)CCC3)c1C. The molecule has 100 valence electrons. The second-order valence-corrected chi connectivity index (χ2v) is 5.37. The molecule has 2 N–H and O–H groups in total. The van der Waals surface area contributed by atoms with E-state index in [4.69, 9.17) is 0 Å². The van der Waals surface area contributed by atoms with E-state index in [-0.39, 0.29) is 0 Å². The van der Waals surface area contributed by atoms with Crippen LogP contribution >= 0.6 is 0 Å². The molecule has 1 aliphatic rings. The van der Waals surface area contributed by atoms with Crippen LogP contribution in [0.1, 0.15) is 28.8 Å². The van der Waals surface area contributed by atoms with Gasteiger partial charge in [0.15, 0.2) is 0 Å². The highest BCUT2D eigenvalue weighted by Crippen LogP contribution is 2.29. The molecule has 0 unspecified atom stereocenters. The summed E-state index contributed by atoms with van der Waals surface area (Å²) < 4.78 is 0. The zero-order valence-corrected chi connectivity index (χ0v) is 11.7. The number of fused-ring (bicyclic) bond motifs is 1. The molecular formula is C16H21N3. The molecule has 1 aromatic heterocycles. The summed E-state index contributed by atoms with van der Waals surface area (Å²) in [5, 5.41) is 10.9. The Hall–Kier alpha value is -1.61. The average Bonchev–Trinajstić information content (AvgIpc) is 3.02. The maximum absolute atomic E-state index is 4.51. The number of likely N-dealkylation sites (N-methyl/N-ethyl adjacent to an activating group) is 1. The summed E-state index contributed by atoms with van der Waals surface area (Å²) in [7, 11) is 1.98. The van der Waals surface area contributed by atoms with Gasteiger partial charge in [-0.1, -0.05) is 12.1 Å². The molecule has 1 aliphatic carbocycles. The topological polar surface area (TPSA) is 40.7 Å². The Labute approximate surface area is 114 Å². The standard InChI is InChI=1S/C16H21N3/c1-11-15(8-9-17-2)18-19-16(11)14-7-6-12-4-3-5-13(12)10-14/h6-7,10,17H,3-5,8-9H2,1-2H3,(H,18,19). The summed E-state index contributed by atoms with van der Waals surface area (Å²) >= 11 is 0. The van der Waals surface area contributed by atoms with Crippen LogP contribution in [0.4, 0.5) is 0 Å². The molecule has 19 heavy (non-hydrogen) atoms. The number of nitrogens with one attached hydrogen (secondary N) is 2. The van der Waals surface area contributed by atoms with Gasteiger partial charge in [0, 0.05) is 24.2 Å². The van der Waals surface area contributed by atoms with E-state index >= 15 is 0 Å². The van der Waals surface area contributed by atoms with Crippen molar-refractivity contribution in [1.29, 1.82) is 0 Å². The first kappa shape index (κ1) is 12.4. The zero-order chi connectivity index (χ0) is 13.2. The van der Waals surface area contributed by atoms with Gasteiger partial charge >= 0.3 is 0 Å². The molecule has 3 heteroatoms. The third kappa shape index (κ3) is 2.30. The Morgan fingerprint density at radius 2 is 2.11 bits per heavy atom. The quantitative estimate of drug-likeness (QED) is 0.881. The molecule has 0 amide bonds. The largest absolute Gasteiger partial charge is 0.319 e. The van der Waals surface area contributed by atoms with Crippen molar-refractivity contribution in [1.82, 2.24) is 15.5 Å². The molecule has 0 saturated carbocycles. The lowest BCUT2D eigenvalue weighted by atomic mass is 10.0. The predicted octanol–water partition coefficient (Wildman–Crippen LogP) is 2.64. The van der Waals surface area contributed by atoms with Crippen LogP contribution in [0.3, 0.4) is 0 Å². The second-order valence-electron chi connectivity index (χ2n) is 5.37. The minimum atomic E-state index is 0.979. The molecule has 3 rings (SSSR count). The van der Waals surface area contributed by atoms with Gasteiger partial charge in [-0.25, -0.2) is 0 Å². The van der Waals surface area contributed by atoms with Gasteiger partial charge in [0.05, 0.1) is 5.69 Å². The van der Waals surface area contributed by atoms with E-state index in [9.17, 15) is 0 Å². The van der Waals surface area contributed by atoms with Crippen LogP contribution in [0.15, 0.2) is 18.2 Å². The maximum atomic E-state index is 4.51. The Bertz CT molecular complexity index is 584. The fourth-order valence-corrected chi connectivity index (χ4v) is 2.93. The van der Waals surface area contributed by atoms with E-state index in [1.54, 1.807) is 0 Å². The van der Waals surface area contributed by atoms with Crippen molar-refractivity contribution in [2.45, 2.75) is 32.6 Å². The van der Waals surface area contributed by atoms with Crippen molar-refractivity contribution in [3.05, 3.63) is 40.6 Å². The summed E-state index contributed by atoms with van der Waals surface area (Å²) in [5.41, 5.74) is 7.92.